The highest BCUT2D eigenvalue weighted by Crippen LogP contribution is 2.39. The van der Waals surface area contributed by atoms with Gasteiger partial charge in [-0.05, 0) is 50.8 Å². The van der Waals surface area contributed by atoms with Crippen molar-refractivity contribution >= 4 is 5.69 Å². The lowest BCUT2D eigenvalue weighted by atomic mass is 9.82. The minimum Gasteiger partial charge on any atom is -0.489 e. The third-order valence-electron chi connectivity index (χ3n) is 5.79. The van der Waals surface area contributed by atoms with Crippen molar-refractivity contribution in [2.75, 3.05) is 19.0 Å². The molecule has 3 aliphatic heterocycles. The lowest BCUT2D eigenvalue weighted by molar-refractivity contribution is 0.110. The summed E-state index contributed by atoms with van der Waals surface area (Å²) in [6.45, 7) is 0.680. The Morgan fingerprint density at radius 2 is 1.95 bits per heavy atom. The van der Waals surface area contributed by atoms with Gasteiger partial charge in [-0.15, -0.1) is 0 Å². The number of piperidine rings is 1. The molecule has 1 aromatic rings. The second-order valence-corrected chi connectivity index (χ2v) is 6.92. The van der Waals surface area contributed by atoms with Crippen molar-refractivity contribution in [3.8, 4) is 5.75 Å². The Morgan fingerprint density at radius 3 is 2.71 bits per heavy atom. The number of nitrogens with one attached hydrogen (secondary N) is 1. The van der Waals surface area contributed by atoms with Crippen LogP contribution in [-0.2, 0) is 0 Å². The van der Waals surface area contributed by atoms with Gasteiger partial charge in [0, 0.05) is 18.1 Å². The molecule has 21 heavy (non-hydrogen) atoms. The van der Waals surface area contributed by atoms with E-state index in [4.69, 9.17) is 10.5 Å². The predicted octanol–water partition coefficient (Wildman–Crippen LogP) is 2.06. The van der Waals surface area contributed by atoms with Crippen LogP contribution in [0.15, 0.2) is 24.3 Å². The van der Waals surface area contributed by atoms with Gasteiger partial charge in [0.2, 0.25) is 0 Å². The zero-order valence-corrected chi connectivity index (χ0v) is 12.7. The van der Waals surface area contributed by atoms with E-state index in [1.54, 1.807) is 0 Å². The first-order valence-electron chi connectivity index (χ1n) is 8.18. The molecule has 4 heteroatoms. The van der Waals surface area contributed by atoms with Crippen LogP contribution in [0.1, 0.15) is 25.7 Å². The number of benzene rings is 1. The molecule has 0 aromatic heterocycles. The first kappa shape index (κ1) is 13.4. The molecule has 0 spiro atoms. The fraction of sp³-hybridized carbons (Fsp3) is 0.647. The van der Waals surface area contributed by atoms with E-state index in [-0.39, 0.29) is 12.1 Å². The number of nitrogens with zero attached hydrogens (tertiary/aromatic N) is 1. The summed E-state index contributed by atoms with van der Waals surface area (Å²) >= 11 is 0. The maximum absolute atomic E-state index is 6.62. The summed E-state index contributed by atoms with van der Waals surface area (Å²) in [4.78, 5) is 2.57. The largest absolute Gasteiger partial charge is 0.489 e. The van der Waals surface area contributed by atoms with Crippen molar-refractivity contribution < 1.29 is 4.74 Å². The van der Waals surface area contributed by atoms with E-state index >= 15 is 0 Å². The van der Waals surface area contributed by atoms with Crippen molar-refractivity contribution in [2.24, 2.45) is 11.7 Å². The molecule has 0 aliphatic carbocycles. The molecular weight excluding hydrogens is 262 g/mol. The van der Waals surface area contributed by atoms with Gasteiger partial charge in [0.05, 0.1) is 11.7 Å². The Balaban J connectivity index is 1.46. The summed E-state index contributed by atoms with van der Waals surface area (Å²) in [7, 11) is 2.28. The Morgan fingerprint density at radius 1 is 1.24 bits per heavy atom. The van der Waals surface area contributed by atoms with Gasteiger partial charge in [-0.1, -0.05) is 12.1 Å². The molecule has 4 nitrogen and oxygen atoms in total. The minimum atomic E-state index is 0.176. The van der Waals surface area contributed by atoms with E-state index in [2.05, 4.69) is 23.3 Å². The van der Waals surface area contributed by atoms with Gasteiger partial charge in [-0.3, -0.25) is 0 Å². The SMILES string of the molecule is CN1[C@@H]2CC[C@H]1CC(C(N)C1COc3ccccc3N1)C2. The summed E-state index contributed by atoms with van der Waals surface area (Å²) < 4.78 is 5.89. The molecule has 114 valence electrons. The molecule has 5 atom stereocenters. The summed E-state index contributed by atoms with van der Waals surface area (Å²) in [5.41, 5.74) is 7.70. The minimum absolute atomic E-state index is 0.176. The summed E-state index contributed by atoms with van der Waals surface area (Å²) in [5, 5.41) is 3.59. The molecule has 0 amide bonds. The van der Waals surface area contributed by atoms with Crippen LogP contribution in [0.3, 0.4) is 0 Å². The van der Waals surface area contributed by atoms with E-state index in [9.17, 15) is 0 Å². The highest BCUT2D eigenvalue weighted by atomic mass is 16.5. The first-order chi connectivity index (χ1) is 10.2. The van der Waals surface area contributed by atoms with Crippen molar-refractivity contribution in [1.29, 1.82) is 0 Å². The average Bonchev–Trinajstić information content (AvgIpc) is 2.75. The first-order valence-corrected chi connectivity index (χ1v) is 8.18. The maximum Gasteiger partial charge on any atom is 0.142 e. The molecule has 2 saturated heterocycles. The normalized spacial score (nSPS) is 36.5. The second kappa shape index (κ2) is 5.18. The zero-order valence-electron chi connectivity index (χ0n) is 12.7. The second-order valence-electron chi connectivity index (χ2n) is 6.92. The highest BCUT2D eigenvalue weighted by Gasteiger charge is 2.42. The van der Waals surface area contributed by atoms with Crippen molar-refractivity contribution in [2.45, 2.75) is 49.9 Å². The van der Waals surface area contributed by atoms with E-state index in [0.717, 1.165) is 23.5 Å². The number of para-hydroxylation sites is 2. The fourth-order valence-corrected chi connectivity index (χ4v) is 4.44. The number of nitrogens with two attached hydrogens (primary N) is 1. The van der Waals surface area contributed by atoms with Gasteiger partial charge in [0.15, 0.2) is 0 Å². The number of anilines is 1. The predicted molar refractivity (Wildman–Crippen MR) is 84.6 cm³/mol. The van der Waals surface area contributed by atoms with E-state index < -0.39 is 0 Å². The van der Waals surface area contributed by atoms with Crippen LogP contribution in [0.4, 0.5) is 5.69 Å². The van der Waals surface area contributed by atoms with Crippen LogP contribution < -0.4 is 15.8 Å². The molecular formula is C17H25N3O. The van der Waals surface area contributed by atoms with Crippen molar-refractivity contribution in [3.05, 3.63) is 24.3 Å². The van der Waals surface area contributed by atoms with Crippen LogP contribution in [-0.4, -0.2) is 42.7 Å². The number of fused-ring (bicyclic) bond motifs is 3. The standard InChI is InChI=1S/C17H25N3O/c1-20-12-6-7-13(20)9-11(8-12)17(18)15-10-21-16-5-3-2-4-14(16)19-15/h2-5,11-13,15,17,19H,6-10,18H2,1H3/t11?,12-,13+,15?,17?. The summed E-state index contributed by atoms with van der Waals surface area (Å²) in [6, 6.07) is 10.0. The van der Waals surface area contributed by atoms with E-state index in [1.165, 1.54) is 25.7 Å². The maximum atomic E-state index is 6.62. The molecule has 3 aliphatic rings. The smallest absolute Gasteiger partial charge is 0.142 e. The highest BCUT2D eigenvalue weighted by molar-refractivity contribution is 5.58. The van der Waals surface area contributed by atoms with E-state index in [1.807, 2.05) is 18.2 Å². The Kier molecular flexibility index (Phi) is 3.31. The van der Waals surface area contributed by atoms with Crippen LogP contribution in [0, 0.1) is 5.92 Å². The number of hydrogen-bond donors (Lipinski definition) is 2. The van der Waals surface area contributed by atoms with Gasteiger partial charge >= 0.3 is 0 Å². The molecule has 1 aromatic carbocycles. The fourth-order valence-electron chi connectivity index (χ4n) is 4.44. The summed E-state index contributed by atoms with van der Waals surface area (Å²) in [6.07, 6.45) is 5.19. The summed E-state index contributed by atoms with van der Waals surface area (Å²) in [5.74, 6) is 1.56. The van der Waals surface area contributed by atoms with Crippen molar-refractivity contribution in [3.63, 3.8) is 0 Å². The molecule has 3 N–H and O–H groups in total. The number of hydrogen-bond acceptors (Lipinski definition) is 4. The zero-order chi connectivity index (χ0) is 14.4. The lowest BCUT2D eigenvalue weighted by Gasteiger charge is -2.42. The molecule has 3 unspecified atom stereocenters. The molecule has 3 heterocycles. The van der Waals surface area contributed by atoms with E-state index in [0.29, 0.717) is 12.5 Å². The van der Waals surface area contributed by atoms with Crippen LogP contribution in [0.2, 0.25) is 0 Å². The molecule has 2 fully saturated rings. The average molecular weight is 287 g/mol. The van der Waals surface area contributed by atoms with Crippen LogP contribution in [0.5, 0.6) is 5.75 Å². The number of ether oxygens (including phenoxy) is 1. The Labute approximate surface area is 126 Å². The van der Waals surface area contributed by atoms with Crippen LogP contribution >= 0.6 is 0 Å². The van der Waals surface area contributed by atoms with Crippen molar-refractivity contribution in [1.82, 2.24) is 4.90 Å². The van der Waals surface area contributed by atoms with Gasteiger partial charge in [-0.2, -0.15) is 0 Å². The number of rotatable bonds is 2. The molecule has 4 rings (SSSR count). The monoisotopic (exact) mass is 287 g/mol. The van der Waals surface area contributed by atoms with Gasteiger partial charge in [0.1, 0.15) is 12.4 Å². The Hall–Kier alpha value is -1.26. The van der Waals surface area contributed by atoms with Gasteiger partial charge in [-0.25, -0.2) is 0 Å². The molecule has 0 radical (unpaired) electrons. The third kappa shape index (κ3) is 2.30. The Bertz CT molecular complexity index is 507. The van der Waals surface area contributed by atoms with Gasteiger partial charge in [0.25, 0.3) is 0 Å². The van der Waals surface area contributed by atoms with Crippen LogP contribution in [0.25, 0.3) is 0 Å². The lowest BCUT2D eigenvalue weighted by Crippen LogP contribution is -2.54. The van der Waals surface area contributed by atoms with Gasteiger partial charge < -0.3 is 20.7 Å². The quantitative estimate of drug-likeness (QED) is 0.874. The topological polar surface area (TPSA) is 50.5 Å². The molecule has 2 bridgehead atoms. The third-order valence-corrected chi connectivity index (χ3v) is 5.79. The molecule has 0 saturated carbocycles.